The summed E-state index contributed by atoms with van der Waals surface area (Å²) in [5.41, 5.74) is 6.77. The molecule has 0 bridgehead atoms. The molecule has 4 rings (SSSR count). The van der Waals surface area contributed by atoms with E-state index in [-0.39, 0.29) is 18.2 Å². The van der Waals surface area contributed by atoms with E-state index in [4.69, 9.17) is 11.1 Å². The molecule has 2 heterocycles. The molecule has 24 heavy (non-hydrogen) atoms. The van der Waals surface area contributed by atoms with E-state index in [1.54, 1.807) is 22.7 Å². The van der Waals surface area contributed by atoms with E-state index in [0.29, 0.717) is 0 Å². The highest BCUT2D eigenvalue weighted by atomic mass is 35.5. The molecule has 0 saturated heterocycles. The summed E-state index contributed by atoms with van der Waals surface area (Å²) in [6.45, 7) is 0. The molecule has 0 unspecified atom stereocenters. The van der Waals surface area contributed by atoms with Crippen molar-refractivity contribution in [2.45, 2.75) is 0 Å². The van der Waals surface area contributed by atoms with Crippen molar-refractivity contribution in [3.8, 4) is 0 Å². The van der Waals surface area contributed by atoms with Gasteiger partial charge in [0.15, 0.2) is 0 Å². The zero-order valence-electron chi connectivity index (χ0n) is 12.7. The molecule has 2 nitrogen and oxygen atoms in total. The fourth-order valence-corrected chi connectivity index (χ4v) is 4.54. The van der Waals surface area contributed by atoms with Gasteiger partial charge in [-0.15, -0.1) is 35.1 Å². The number of nitrogen functional groups attached to an aromatic ring is 1. The Morgan fingerprint density at radius 2 is 1.71 bits per heavy atom. The molecule has 0 spiro atoms. The maximum Gasteiger partial charge on any atom is 0.133 e. The van der Waals surface area contributed by atoms with Crippen molar-refractivity contribution in [2.75, 3.05) is 0 Å². The summed E-state index contributed by atoms with van der Waals surface area (Å²) in [5.74, 6) is 0.130. The molecule has 0 saturated carbocycles. The third kappa shape index (κ3) is 3.08. The van der Waals surface area contributed by atoms with Gasteiger partial charge in [-0.3, -0.25) is 5.41 Å². The van der Waals surface area contributed by atoms with Crippen LogP contribution in [-0.4, -0.2) is 5.84 Å². The highest BCUT2D eigenvalue weighted by Gasteiger charge is 2.06. The number of halogens is 1. The van der Waals surface area contributed by atoms with Gasteiger partial charge in [0.2, 0.25) is 0 Å². The van der Waals surface area contributed by atoms with Crippen molar-refractivity contribution in [3.05, 3.63) is 69.9 Å². The van der Waals surface area contributed by atoms with Gasteiger partial charge in [-0.05, 0) is 41.3 Å². The summed E-state index contributed by atoms with van der Waals surface area (Å²) >= 11 is 3.36. The van der Waals surface area contributed by atoms with Crippen LogP contribution in [0, 0.1) is 5.41 Å². The van der Waals surface area contributed by atoms with Gasteiger partial charge in [0, 0.05) is 19.7 Å². The predicted molar refractivity (Wildman–Crippen MR) is 111 cm³/mol. The molecular formula is C19H15ClN2S2. The van der Waals surface area contributed by atoms with Crippen LogP contribution in [0.1, 0.15) is 15.3 Å². The molecule has 120 valence electrons. The molecular weight excluding hydrogens is 356 g/mol. The molecule has 0 aliphatic carbocycles. The first-order valence-corrected chi connectivity index (χ1v) is 8.87. The van der Waals surface area contributed by atoms with Crippen LogP contribution in [0.25, 0.3) is 32.3 Å². The van der Waals surface area contributed by atoms with Gasteiger partial charge in [0.25, 0.3) is 0 Å². The van der Waals surface area contributed by atoms with Crippen LogP contribution in [0.2, 0.25) is 0 Å². The van der Waals surface area contributed by atoms with Crippen molar-refractivity contribution >= 4 is 73.2 Å². The van der Waals surface area contributed by atoms with Gasteiger partial charge in [-0.1, -0.05) is 36.4 Å². The standard InChI is InChI=1S/C19H14N2S2.ClH/c20-19(21)18-11-15-12(5-3-7-17(15)23-18)8-9-14-10-13-4-1-2-6-16(13)22-14;/h1-11H,(H3,20,21);1H/b9-8+;. The molecule has 0 fully saturated rings. The van der Waals surface area contributed by atoms with Crippen LogP contribution in [0.5, 0.6) is 0 Å². The SMILES string of the molecule is Cl.N=C(N)c1cc2c(/C=C/c3cc4ccccc4s3)cccc2s1. The predicted octanol–water partition coefficient (Wildman–Crippen LogP) is 5.99. The second-order valence-electron chi connectivity index (χ2n) is 5.30. The van der Waals surface area contributed by atoms with Crippen molar-refractivity contribution < 1.29 is 0 Å². The smallest absolute Gasteiger partial charge is 0.133 e. The second kappa shape index (κ2) is 6.77. The maximum absolute atomic E-state index is 7.61. The molecule has 0 aliphatic rings. The van der Waals surface area contributed by atoms with Crippen LogP contribution in [0.15, 0.2) is 54.6 Å². The third-order valence-electron chi connectivity index (χ3n) is 3.73. The van der Waals surface area contributed by atoms with E-state index < -0.39 is 0 Å². The summed E-state index contributed by atoms with van der Waals surface area (Å²) < 4.78 is 2.47. The minimum atomic E-state index is 0. The summed E-state index contributed by atoms with van der Waals surface area (Å²) in [4.78, 5) is 2.06. The monoisotopic (exact) mass is 370 g/mol. The normalized spacial score (nSPS) is 11.2. The largest absolute Gasteiger partial charge is 0.383 e. The number of hydrogen-bond donors (Lipinski definition) is 2. The van der Waals surface area contributed by atoms with Crippen molar-refractivity contribution in [2.24, 2.45) is 5.73 Å². The Bertz CT molecular complexity index is 1030. The number of nitrogens with one attached hydrogen (secondary N) is 1. The van der Waals surface area contributed by atoms with E-state index in [9.17, 15) is 0 Å². The highest BCUT2D eigenvalue weighted by Crippen LogP contribution is 2.31. The Kier molecular flexibility index (Phi) is 4.71. The van der Waals surface area contributed by atoms with Gasteiger partial charge >= 0.3 is 0 Å². The lowest BCUT2D eigenvalue weighted by Gasteiger charge is -1.95. The fraction of sp³-hybridized carbons (Fsp3) is 0. The van der Waals surface area contributed by atoms with Crippen LogP contribution < -0.4 is 5.73 Å². The zero-order valence-corrected chi connectivity index (χ0v) is 15.1. The first kappa shape index (κ1) is 16.7. The number of hydrogen-bond acceptors (Lipinski definition) is 3. The lowest BCUT2D eigenvalue weighted by molar-refractivity contribution is 1.46. The fourth-order valence-electron chi connectivity index (χ4n) is 2.62. The van der Waals surface area contributed by atoms with Gasteiger partial charge in [-0.25, -0.2) is 0 Å². The van der Waals surface area contributed by atoms with Crippen molar-refractivity contribution in [1.82, 2.24) is 0 Å². The molecule has 3 N–H and O–H groups in total. The Labute approximate surface area is 154 Å². The quantitative estimate of drug-likeness (QED) is 0.337. The first-order valence-electron chi connectivity index (χ1n) is 7.24. The number of amidine groups is 1. The van der Waals surface area contributed by atoms with E-state index in [1.165, 1.54) is 15.0 Å². The number of thiophene rings is 2. The second-order valence-corrected chi connectivity index (χ2v) is 7.50. The van der Waals surface area contributed by atoms with Gasteiger partial charge in [0.05, 0.1) is 4.88 Å². The van der Waals surface area contributed by atoms with E-state index in [0.717, 1.165) is 20.5 Å². The molecule has 4 aromatic rings. The molecule has 0 atom stereocenters. The third-order valence-corrected chi connectivity index (χ3v) is 5.95. The average Bonchev–Trinajstić information content (AvgIpc) is 3.16. The minimum absolute atomic E-state index is 0. The van der Waals surface area contributed by atoms with Crippen molar-refractivity contribution in [3.63, 3.8) is 0 Å². The topological polar surface area (TPSA) is 49.9 Å². The van der Waals surface area contributed by atoms with E-state index in [1.807, 2.05) is 12.1 Å². The summed E-state index contributed by atoms with van der Waals surface area (Å²) in [6, 6.07) is 18.9. The number of rotatable bonds is 3. The Hall–Kier alpha value is -2.14. The molecule has 0 amide bonds. The zero-order chi connectivity index (χ0) is 15.8. The van der Waals surface area contributed by atoms with Crippen LogP contribution >= 0.6 is 35.1 Å². The lowest BCUT2D eigenvalue weighted by Crippen LogP contribution is -2.08. The number of benzene rings is 2. The van der Waals surface area contributed by atoms with E-state index >= 15 is 0 Å². The molecule has 2 aromatic carbocycles. The maximum atomic E-state index is 7.61. The molecule has 0 radical (unpaired) electrons. The van der Waals surface area contributed by atoms with Crippen LogP contribution in [0.3, 0.4) is 0 Å². The lowest BCUT2D eigenvalue weighted by atomic mass is 10.1. The first-order chi connectivity index (χ1) is 11.2. The van der Waals surface area contributed by atoms with Gasteiger partial charge in [0.1, 0.15) is 5.84 Å². The molecule has 2 aromatic heterocycles. The average molecular weight is 371 g/mol. The van der Waals surface area contributed by atoms with Gasteiger partial charge < -0.3 is 5.73 Å². The van der Waals surface area contributed by atoms with Gasteiger partial charge in [-0.2, -0.15) is 0 Å². The van der Waals surface area contributed by atoms with Crippen molar-refractivity contribution in [1.29, 1.82) is 5.41 Å². The van der Waals surface area contributed by atoms with E-state index in [2.05, 4.69) is 54.6 Å². The summed E-state index contributed by atoms with van der Waals surface area (Å²) in [7, 11) is 0. The van der Waals surface area contributed by atoms with Crippen LogP contribution in [-0.2, 0) is 0 Å². The Morgan fingerprint density at radius 3 is 2.50 bits per heavy atom. The summed E-state index contributed by atoms with van der Waals surface area (Å²) in [5, 5.41) is 10.0. The molecule has 5 heteroatoms. The summed E-state index contributed by atoms with van der Waals surface area (Å²) in [6.07, 6.45) is 4.30. The Balaban J connectivity index is 0.00000169. The minimum Gasteiger partial charge on any atom is -0.383 e. The molecule has 0 aliphatic heterocycles. The van der Waals surface area contributed by atoms with Crippen LogP contribution in [0.4, 0.5) is 0 Å². The number of nitrogens with two attached hydrogens (primary N) is 1. The Morgan fingerprint density at radius 1 is 0.917 bits per heavy atom. The number of fused-ring (bicyclic) bond motifs is 2. The highest BCUT2D eigenvalue weighted by molar-refractivity contribution is 7.21.